The smallest absolute Gasteiger partial charge is 0.317 e. The highest BCUT2D eigenvalue weighted by molar-refractivity contribution is 5.73. The van der Waals surface area contributed by atoms with E-state index in [0.29, 0.717) is 25.4 Å². The fourth-order valence-electron chi connectivity index (χ4n) is 3.25. The summed E-state index contributed by atoms with van der Waals surface area (Å²) in [7, 11) is 1.71. The number of urea groups is 1. The summed E-state index contributed by atoms with van der Waals surface area (Å²) in [6.07, 6.45) is 6.86. The monoisotopic (exact) mass is 400 g/mol. The van der Waals surface area contributed by atoms with Gasteiger partial charge < -0.3 is 19.9 Å². The third-order valence-electron chi connectivity index (χ3n) is 5.04. The molecule has 0 radical (unpaired) electrons. The molecule has 0 bridgehead atoms. The molecule has 0 atom stereocenters. The number of nitrogens with one attached hydrogen (secondary N) is 1. The predicted octanol–water partition coefficient (Wildman–Crippen LogP) is 3.82. The van der Waals surface area contributed by atoms with Crippen molar-refractivity contribution in [2.75, 3.05) is 38.2 Å². The largest absolute Gasteiger partial charge is 0.492 e. The topological polar surface area (TPSA) is 57.7 Å². The number of ether oxygens (including phenoxy) is 1. The fourth-order valence-corrected chi connectivity index (χ4v) is 3.25. The second-order valence-electron chi connectivity index (χ2n) is 7.31. The summed E-state index contributed by atoms with van der Waals surface area (Å²) in [6, 6.07) is 9.70. The van der Waals surface area contributed by atoms with Crippen LogP contribution in [-0.2, 0) is 6.54 Å². The van der Waals surface area contributed by atoms with Crippen LogP contribution in [0.25, 0.3) is 0 Å². The molecule has 2 heterocycles. The van der Waals surface area contributed by atoms with E-state index >= 15 is 0 Å². The van der Waals surface area contributed by atoms with Crippen molar-refractivity contribution in [2.45, 2.75) is 32.2 Å². The van der Waals surface area contributed by atoms with Crippen LogP contribution in [0.4, 0.5) is 15.0 Å². The maximum absolute atomic E-state index is 12.9. The fraction of sp³-hybridized carbons (Fsp3) is 0.455. The number of amides is 2. The molecule has 1 N–H and O–H groups in total. The molecule has 1 aromatic carbocycles. The third-order valence-corrected chi connectivity index (χ3v) is 5.04. The molecule has 1 aliphatic rings. The van der Waals surface area contributed by atoms with Crippen LogP contribution in [0.3, 0.4) is 0 Å². The van der Waals surface area contributed by atoms with Gasteiger partial charge in [0.05, 0.1) is 6.54 Å². The zero-order valence-corrected chi connectivity index (χ0v) is 16.9. The van der Waals surface area contributed by atoms with Crippen LogP contribution in [0.2, 0.25) is 0 Å². The highest BCUT2D eigenvalue weighted by Gasteiger charge is 2.12. The van der Waals surface area contributed by atoms with E-state index in [-0.39, 0.29) is 11.8 Å². The summed E-state index contributed by atoms with van der Waals surface area (Å²) >= 11 is 0. The Hall–Kier alpha value is -2.83. The lowest BCUT2D eigenvalue weighted by atomic mass is 10.2. The molecule has 2 aromatic rings. The van der Waals surface area contributed by atoms with Gasteiger partial charge in [0, 0.05) is 32.9 Å². The van der Waals surface area contributed by atoms with Crippen molar-refractivity contribution in [3.8, 4) is 5.75 Å². The molecule has 6 nitrogen and oxygen atoms in total. The zero-order valence-electron chi connectivity index (χ0n) is 16.9. The van der Waals surface area contributed by atoms with Crippen molar-refractivity contribution in [2.24, 2.45) is 0 Å². The first-order valence-electron chi connectivity index (χ1n) is 10.2. The van der Waals surface area contributed by atoms with Crippen molar-refractivity contribution >= 4 is 11.8 Å². The quantitative estimate of drug-likeness (QED) is 0.768. The number of nitrogens with zero attached hydrogens (tertiary/aromatic N) is 3. The zero-order chi connectivity index (χ0) is 20.5. The van der Waals surface area contributed by atoms with E-state index in [1.807, 2.05) is 18.3 Å². The summed E-state index contributed by atoms with van der Waals surface area (Å²) in [5.74, 6) is 1.29. The van der Waals surface area contributed by atoms with Crippen LogP contribution in [-0.4, -0.2) is 49.2 Å². The van der Waals surface area contributed by atoms with Crippen molar-refractivity contribution in [1.29, 1.82) is 0 Å². The number of aromatic nitrogens is 1. The van der Waals surface area contributed by atoms with Gasteiger partial charge in [0.15, 0.2) is 0 Å². The molecule has 1 aromatic heterocycles. The minimum Gasteiger partial charge on any atom is -0.492 e. The van der Waals surface area contributed by atoms with Crippen LogP contribution in [0.5, 0.6) is 5.75 Å². The molecule has 156 valence electrons. The average molecular weight is 400 g/mol. The number of halogens is 1. The molecule has 1 aliphatic heterocycles. The van der Waals surface area contributed by atoms with E-state index in [9.17, 15) is 9.18 Å². The van der Waals surface area contributed by atoms with E-state index in [1.165, 1.54) is 37.8 Å². The standard InChI is InChI=1S/C22H29FN4O2/c1-26(14-15-29-20-9-7-19(23)8-10-20)22(28)25-17-18-6-11-21(24-16-18)27-12-4-2-3-5-13-27/h6-11,16H,2-5,12-15,17H2,1H3,(H,25,28). The average Bonchev–Trinajstić information content (AvgIpc) is 3.03. The maximum atomic E-state index is 12.9. The summed E-state index contributed by atoms with van der Waals surface area (Å²) in [5.41, 5.74) is 0.966. The number of carbonyl (C=O) groups excluding carboxylic acids is 1. The number of pyridine rings is 1. The number of hydrogen-bond donors (Lipinski definition) is 1. The first-order valence-corrected chi connectivity index (χ1v) is 10.2. The van der Waals surface area contributed by atoms with Crippen LogP contribution in [0.1, 0.15) is 31.2 Å². The Kier molecular flexibility index (Phi) is 7.67. The van der Waals surface area contributed by atoms with Gasteiger partial charge in [-0.2, -0.15) is 0 Å². The van der Waals surface area contributed by atoms with Gasteiger partial charge in [-0.15, -0.1) is 0 Å². The molecule has 29 heavy (non-hydrogen) atoms. The highest BCUT2D eigenvalue weighted by Crippen LogP contribution is 2.17. The summed E-state index contributed by atoms with van der Waals surface area (Å²) in [6.45, 7) is 3.31. The lowest BCUT2D eigenvalue weighted by Crippen LogP contribution is -2.39. The first kappa shape index (κ1) is 20.9. The van der Waals surface area contributed by atoms with Crippen LogP contribution < -0.4 is 15.0 Å². The summed E-state index contributed by atoms with van der Waals surface area (Å²) < 4.78 is 18.4. The highest BCUT2D eigenvalue weighted by atomic mass is 19.1. The van der Waals surface area contributed by atoms with E-state index in [2.05, 4.69) is 15.2 Å². The minimum absolute atomic E-state index is 0.177. The van der Waals surface area contributed by atoms with Crippen molar-refractivity contribution in [1.82, 2.24) is 15.2 Å². The molecule has 0 aliphatic carbocycles. The molecule has 0 unspecified atom stereocenters. The van der Waals surface area contributed by atoms with Crippen LogP contribution in [0.15, 0.2) is 42.6 Å². The minimum atomic E-state index is -0.303. The summed E-state index contributed by atoms with van der Waals surface area (Å²) in [4.78, 5) is 20.7. The van der Waals surface area contributed by atoms with Gasteiger partial charge in [0.1, 0.15) is 24.0 Å². The second-order valence-corrected chi connectivity index (χ2v) is 7.31. The lowest BCUT2D eigenvalue weighted by Gasteiger charge is -2.21. The van der Waals surface area contributed by atoms with Gasteiger partial charge in [0.25, 0.3) is 0 Å². The maximum Gasteiger partial charge on any atom is 0.317 e. The van der Waals surface area contributed by atoms with E-state index < -0.39 is 0 Å². The molecule has 1 fully saturated rings. The number of carbonyl (C=O) groups is 1. The molecule has 0 saturated carbocycles. The first-order chi connectivity index (χ1) is 14.1. The Morgan fingerprint density at radius 1 is 1.14 bits per heavy atom. The molecule has 1 saturated heterocycles. The molecular formula is C22H29FN4O2. The normalized spacial score (nSPS) is 14.2. The number of anilines is 1. The Morgan fingerprint density at radius 3 is 2.52 bits per heavy atom. The third kappa shape index (κ3) is 6.62. The van der Waals surface area contributed by atoms with Crippen molar-refractivity contribution < 1.29 is 13.9 Å². The van der Waals surface area contributed by atoms with Gasteiger partial charge >= 0.3 is 6.03 Å². The molecular weight excluding hydrogens is 371 g/mol. The number of hydrogen-bond acceptors (Lipinski definition) is 4. The molecule has 7 heteroatoms. The number of rotatable bonds is 7. The van der Waals surface area contributed by atoms with Gasteiger partial charge in [-0.3, -0.25) is 0 Å². The SMILES string of the molecule is CN(CCOc1ccc(F)cc1)C(=O)NCc1ccc(N2CCCCCC2)nc1. The Morgan fingerprint density at radius 2 is 1.86 bits per heavy atom. The number of benzene rings is 1. The lowest BCUT2D eigenvalue weighted by molar-refractivity contribution is 0.195. The Bertz CT molecular complexity index is 759. The molecule has 2 amide bonds. The summed E-state index contributed by atoms with van der Waals surface area (Å²) in [5, 5.41) is 2.89. The second kappa shape index (κ2) is 10.6. The van der Waals surface area contributed by atoms with Crippen molar-refractivity contribution in [3.63, 3.8) is 0 Å². The number of likely N-dealkylation sites (N-methyl/N-ethyl adjacent to an activating group) is 1. The predicted molar refractivity (Wildman–Crippen MR) is 112 cm³/mol. The Balaban J connectivity index is 1.39. The van der Waals surface area contributed by atoms with Gasteiger partial charge in [-0.05, 0) is 48.7 Å². The van der Waals surface area contributed by atoms with Crippen LogP contribution in [0, 0.1) is 5.82 Å². The van der Waals surface area contributed by atoms with Gasteiger partial charge in [0.2, 0.25) is 0 Å². The molecule has 0 spiro atoms. The van der Waals surface area contributed by atoms with E-state index in [0.717, 1.165) is 24.5 Å². The van der Waals surface area contributed by atoms with Crippen LogP contribution >= 0.6 is 0 Å². The van der Waals surface area contributed by atoms with Crippen molar-refractivity contribution in [3.05, 3.63) is 54.0 Å². The van der Waals surface area contributed by atoms with E-state index in [4.69, 9.17) is 4.74 Å². The Labute approximate surface area is 171 Å². The van der Waals surface area contributed by atoms with Gasteiger partial charge in [-0.25, -0.2) is 14.2 Å². The molecule has 3 rings (SSSR count). The van der Waals surface area contributed by atoms with E-state index in [1.54, 1.807) is 24.1 Å². The van der Waals surface area contributed by atoms with Gasteiger partial charge in [-0.1, -0.05) is 18.9 Å².